The van der Waals surface area contributed by atoms with Crippen molar-refractivity contribution < 1.29 is 28.6 Å². The Bertz CT molecular complexity index is 1180. The van der Waals surface area contributed by atoms with Crippen LogP contribution in [0.5, 0.6) is 0 Å². The number of hydrogen-bond donors (Lipinski definition) is 0. The highest BCUT2D eigenvalue weighted by Gasteiger charge is 2.19. The average Bonchev–Trinajstić information content (AvgIpc) is 3.27. The molecule has 0 bridgehead atoms. The van der Waals surface area contributed by atoms with E-state index >= 15 is 0 Å². The highest BCUT2D eigenvalue weighted by molar-refractivity contribution is 5.71. The second kappa shape index (κ2) is 50.5. The Morgan fingerprint density at radius 2 is 0.661 bits per heavy atom. The van der Waals surface area contributed by atoms with Crippen LogP contribution in [0.3, 0.4) is 0 Å². The molecule has 0 heterocycles. The highest BCUT2D eigenvalue weighted by Crippen LogP contribution is 2.15. The third-order valence-corrected chi connectivity index (χ3v) is 11.0. The van der Waals surface area contributed by atoms with Gasteiger partial charge in [-0.05, 0) is 77.0 Å². The van der Waals surface area contributed by atoms with Crippen LogP contribution < -0.4 is 0 Å². The molecule has 0 radical (unpaired) electrons. The first-order chi connectivity index (χ1) is 30.5. The molecule has 356 valence electrons. The third kappa shape index (κ3) is 47.9. The van der Waals surface area contributed by atoms with Crippen molar-refractivity contribution >= 4 is 17.9 Å². The van der Waals surface area contributed by atoms with Gasteiger partial charge in [0.15, 0.2) is 6.10 Å². The van der Waals surface area contributed by atoms with Crippen LogP contribution in [0.15, 0.2) is 72.9 Å². The molecule has 1 atom stereocenters. The first-order valence-corrected chi connectivity index (χ1v) is 25.9. The number of esters is 3. The first-order valence-electron chi connectivity index (χ1n) is 25.9. The molecule has 0 saturated carbocycles. The van der Waals surface area contributed by atoms with Crippen molar-refractivity contribution in [2.45, 2.75) is 252 Å². The fourth-order valence-corrected chi connectivity index (χ4v) is 7.07. The molecule has 0 fully saturated rings. The maximum atomic E-state index is 12.8. The van der Waals surface area contributed by atoms with E-state index in [1.807, 2.05) is 12.2 Å². The molecule has 1 unspecified atom stereocenters. The Labute approximate surface area is 382 Å². The van der Waals surface area contributed by atoms with Crippen LogP contribution >= 0.6 is 0 Å². The van der Waals surface area contributed by atoms with Gasteiger partial charge in [0.25, 0.3) is 0 Å². The van der Waals surface area contributed by atoms with Gasteiger partial charge in [-0.15, -0.1) is 0 Å². The minimum Gasteiger partial charge on any atom is -0.462 e. The summed E-state index contributed by atoms with van der Waals surface area (Å²) >= 11 is 0. The van der Waals surface area contributed by atoms with Gasteiger partial charge >= 0.3 is 17.9 Å². The molecule has 0 aromatic carbocycles. The molecule has 0 N–H and O–H groups in total. The van der Waals surface area contributed by atoms with E-state index in [-0.39, 0.29) is 37.5 Å². The smallest absolute Gasteiger partial charge is 0.306 e. The number of carbonyl (C=O) groups excluding carboxylic acids is 3. The lowest BCUT2D eigenvalue weighted by molar-refractivity contribution is -0.166. The number of ether oxygens (including phenoxy) is 3. The van der Waals surface area contributed by atoms with Crippen LogP contribution in [0.2, 0.25) is 0 Å². The summed E-state index contributed by atoms with van der Waals surface area (Å²) in [7, 11) is 0. The standard InChI is InChI=1S/C56H96O6/c1-4-7-10-13-16-19-22-25-27-29-31-34-37-40-43-46-49-55(58)61-52-53(51-60-54(57)48-45-42-39-36-33-30-24-21-18-15-12-9-6-3)62-56(59)50-47-44-41-38-35-32-28-26-23-20-17-14-11-8-5-2/h9,12,18-19,21-22,27,29-30,33,39,42,53H,4-8,10-11,13-17,20,23-26,28,31-32,34-38,40-41,43-52H2,1-3H3/b12-9-,21-18-,22-19-,29-27-,33-30-,42-39-. The predicted octanol–water partition coefficient (Wildman–Crippen LogP) is 17.0. The first kappa shape index (κ1) is 58.9. The van der Waals surface area contributed by atoms with Crippen LogP contribution in [0.4, 0.5) is 0 Å². The van der Waals surface area contributed by atoms with Crippen LogP contribution in [0.25, 0.3) is 0 Å². The molecule has 0 aromatic rings. The van der Waals surface area contributed by atoms with Gasteiger partial charge in [-0.2, -0.15) is 0 Å². The molecule has 0 aliphatic heterocycles. The lowest BCUT2D eigenvalue weighted by Gasteiger charge is -2.18. The van der Waals surface area contributed by atoms with Gasteiger partial charge in [0.1, 0.15) is 13.2 Å². The number of carbonyl (C=O) groups is 3. The van der Waals surface area contributed by atoms with E-state index in [1.165, 1.54) is 109 Å². The van der Waals surface area contributed by atoms with E-state index in [0.717, 1.165) is 89.9 Å². The van der Waals surface area contributed by atoms with Crippen molar-refractivity contribution in [3.05, 3.63) is 72.9 Å². The van der Waals surface area contributed by atoms with Crippen LogP contribution in [-0.4, -0.2) is 37.2 Å². The minimum atomic E-state index is -0.807. The maximum Gasteiger partial charge on any atom is 0.306 e. The third-order valence-electron chi connectivity index (χ3n) is 11.0. The van der Waals surface area contributed by atoms with Gasteiger partial charge in [0, 0.05) is 19.3 Å². The van der Waals surface area contributed by atoms with Crippen LogP contribution in [0.1, 0.15) is 245 Å². The van der Waals surface area contributed by atoms with E-state index in [2.05, 4.69) is 81.5 Å². The molecule has 0 rings (SSSR count). The predicted molar refractivity (Wildman–Crippen MR) is 265 cm³/mol. The Kier molecular flexibility index (Phi) is 47.9. The zero-order chi connectivity index (χ0) is 45.1. The zero-order valence-corrected chi connectivity index (χ0v) is 40.6. The van der Waals surface area contributed by atoms with Crippen molar-refractivity contribution in [2.75, 3.05) is 13.2 Å². The van der Waals surface area contributed by atoms with Gasteiger partial charge in [0.05, 0.1) is 0 Å². The quantitative estimate of drug-likeness (QED) is 0.0262. The van der Waals surface area contributed by atoms with Gasteiger partial charge in [-0.3, -0.25) is 14.4 Å². The molecule has 0 amide bonds. The van der Waals surface area contributed by atoms with E-state index in [0.29, 0.717) is 19.3 Å². The normalized spacial score (nSPS) is 12.6. The van der Waals surface area contributed by atoms with E-state index < -0.39 is 6.10 Å². The van der Waals surface area contributed by atoms with Crippen molar-refractivity contribution in [1.82, 2.24) is 0 Å². The number of unbranched alkanes of at least 4 members (excludes halogenated alkanes) is 23. The summed E-state index contributed by atoms with van der Waals surface area (Å²) in [5, 5.41) is 0. The van der Waals surface area contributed by atoms with E-state index in [9.17, 15) is 14.4 Å². The number of allylic oxidation sites excluding steroid dienone is 12. The molecule has 0 aliphatic rings. The summed E-state index contributed by atoms with van der Waals surface area (Å²) in [5.41, 5.74) is 0. The topological polar surface area (TPSA) is 78.9 Å². The molecule has 0 aromatic heterocycles. The summed E-state index contributed by atoms with van der Waals surface area (Å²) < 4.78 is 16.7. The van der Waals surface area contributed by atoms with Crippen molar-refractivity contribution in [3.63, 3.8) is 0 Å². The number of rotatable bonds is 46. The summed E-state index contributed by atoms with van der Waals surface area (Å²) in [6, 6.07) is 0. The van der Waals surface area contributed by atoms with Crippen LogP contribution in [0, 0.1) is 0 Å². The Morgan fingerprint density at radius 1 is 0.339 bits per heavy atom. The Balaban J connectivity index is 4.47. The lowest BCUT2D eigenvalue weighted by atomic mass is 10.0. The van der Waals surface area contributed by atoms with Crippen molar-refractivity contribution in [3.8, 4) is 0 Å². The second-order valence-electron chi connectivity index (χ2n) is 17.1. The highest BCUT2D eigenvalue weighted by atomic mass is 16.6. The Morgan fingerprint density at radius 3 is 1.10 bits per heavy atom. The van der Waals surface area contributed by atoms with E-state index in [1.54, 1.807) is 0 Å². The summed E-state index contributed by atoms with van der Waals surface area (Å²) in [5.74, 6) is -0.996. The molecule has 6 heteroatoms. The molecule has 6 nitrogen and oxygen atoms in total. The Hall–Kier alpha value is -3.15. The fraction of sp³-hybridized carbons (Fsp3) is 0.732. The van der Waals surface area contributed by atoms with Gasteiger partial charge in [0.2, 0.25) is 0 Å². The van der Waals surface area contributed by atoms with Crippen molar-refractivity contribution in [2.24, 2.45) is 0 Å². The molecule has 0 saturated heterocycles. The van der Waals surface area contributed by atoms with E-state index in [4.69, 9.17) is 14.2 Å². The minimum absolute atomic E-state index is 0.103. The average molecular weight is 865 g/mol. The fourth-order valence-electron chi connectivity index (χ4n) is 7.07. The molecular formula is C56H96O6. The molecule has 62 heavy (non-hydrogen) atoms. The summed E-state index contributed by atoms with van der Waals surface area (Å²) in [6.07, 6.45) is 63.3. The van der Waals surface area contributed by atoms with Gasteiger partial charge < -0.3 is 14.2 Å². The lowest BCUT2D eigenvalue weighted by Crippen LogP contribution is -2.30. The SMILES string of the molecule is CC/C=C\C/C=C\C/C=C\C/C=C\CCC(=O)OCC(COC(=O)CCCCCCC/C=C\C/C=C\CCCCCC)OC(=O)CCCCCCCCCCCCCCCCC. The molecule has 0 aliphatic carbocycles. The summed E-state index contributed by atoms with van der Waals surface area (Å²) in [6.45, 7) is 6.43. The second-order valence-corrected chi connectivity index (χ2v) is 17.1. The number of hydrogen-bond acceptors (Lipinski definition) is 6. The monoisotopic (exact) mass is 865 g/mol. The van der Waals surface area contributed by atoms with Gasteiger partial charge in [-0.1, -0.05) is 222 Å². The maximum absolute atomic E-state index is 12.8. The largest absolute Gasteiger partial charge is 0.462 e. The zero-order valence-electron chi connectivity index (χ0n) is 40.6. The van der Waals surface area contributed by atoms with Crippen molar-refractivity contribution in [1.29, 1.82) is 0 Å². The summed E-state index contributed by atoms with van der Waals surface area (Å²) in [4.78, 5) is 37.9. The van der Waals surface area contributed by atoms with Gasteiger partial charge in [-0.25, -0.2) is 0 Å². The molecular weight excluding hydrogens is 769 g/mol. The molecule has 0 spiro atoms. The van der Waals surface area contributed by atoms with Crippen LogP contribution in [-0.2, 0) is 28.6 Å².